The van der Waals surface area contributed by atoms with Gasteiger partial charge in [0.15, 0.2) is 0 Å². The Kier molecular flexibility index (Phi) is 4.14. The summed E-state index contributed by atoms with van der Waals surface area (Å²) in [7, 11) is 0. The molecule has 0 bridgehead atoms. The van der Waals surface area contributed by atoms with E-state index >= 15 is 0 Å². The van der Waals surface area contributed by atoms with Gasteiger partial charge in [0, 0.05) is 24.8 Å². The highest BCUT2D eigenvalue weighted by Crippen LogP contribution is 2.24. The molecule has 3 N–H and O–H groups in total. The van der Waals surface area contributed by atoms with Crippen molar-refractivity contribution in [2.75, 3.05) is 13.1 Å². The van der Waals surface area contributed by atoms with Crippen LogP contribution in [0.1, 0.15) is 35.5 Å². The summed E-state index contributed by atoms with van der Waals surface area (Å²) in [4.78, 5) is 28.4. The molecule has 0 saturated carbocycles. The standard InChI is InChI=1S/C15H20N4O2/c1-8(2)12-6-19(7-13(12)17)15(21)11-4-10(5-16)14(20)18-9(11)3/h4,8,12-13H,6-7,17H2,1-3H3,(H,18,20)/t12-,13+/m1/s1. The molecule has 6 heteroatoms. The summed E-state index contributed by atoms with van der Waals surface area (Å²) in [6.45, 7) is 6.96. The van der Waals surface area contributed by atoms with Crippen LogP contribution in [0, 0.1) is 30.1 Å². The molecule has 0 aromatic carbocycles. The number of nitrogens with two attached hydrogens (primary N) is 1. The van der Waals surface area contributed by atoms with E-state index in [1.807, 2.05) is 0 Å². The number of hydrogen-bond donors (Lipinski definition) is 2. The van der Waals surface area contributed by atoms with Crippen LogP contribution < -0.4 is 11.3 Å². The summed E-state index contributed by atoms with van der Waals surface area (Å²) >= 11 is 0. The molecule has 0 spiro atoms. The maximum absolute atomic E-state index is 12.6. The number of aromatic nitrogens is 1. The number of rotatable bonds is 2. The van der Waals surface area contributed by atoms with Crippen LogP contribution in [0.25, 0.3) is 0 Å². The fraction of sp³-hybridized carbons (Fsp3) is 0.533. The summed E-state index contributed by atoms with van der Waals surface area (Å²) in [5.74, 6) is 0.496. The maximum Gasteiger partial charge on any atom is 0.266 e. The van der Waals surface area contributed by atoms with Gasteiger partial charge in [-0.2, -0.15) is 5.26 Å². The predicted molar refractivity (Wildman–Crippen MR) is 78.7 cm³/mol. The second-order valence-corrected chi connectivity index (χ2v) is 5.94. The lowest BCUT2D eigenvalue weighted by Crippen LogP contribution is -2.33. The molecule has 0 radical (unpaired) electrons. The fourth-order valence-corrected chi connectivity index (χ4v) is 2.82. The van der Waals surface area contributed by atoms with E-state index in [0.717, 1.165) is 0 Å². The van der Waals surface area contributed by atoms with Gasteiger partial charge in [0.2, 0.25) is 0 Å². The quantitative estimate of drug-likeness (QED) is 0.832. The predicted octanol–water partition coefficient (Wildman–Crippen LogP) is 0.610. The van der Waals surface area contributed by atoms with Crippen LogP contribution in [0.15, 0.2) is 10.9 Å². The van der Waals surface area contributed by atoms with Crippen molar-refractivity contribution in [1.82, 2.24) is 9.88 Å². The third-order valence-electron chi connectivity index (χ3n) is 4.15. The van der Waals surface area contributed by atoms with Gasteiger partial charge in [-0.3, -0.25) is 9.59 Å². The molecule has 2 rings (SSSR count). The number of nitriles is 1. The molecule has 6 nitrogen and oxygen atoms in total. The number of amides is 1. The third-order valence-corrected chi connectivity index (χ3v) is 4.15. The number of carbonyl (C=O) groups excluding carboxylic acids is 1. The fourth-order valence-electron chi connectivity index (χ4n) is 2.82. The highest BCUT2D eigenvalue weighted by Gasteiger charge is 2.35. The van der Waals surface area contributed by atoms with Crippen molar-refractivity contribution in [3.05, 3.63) is 33.2 Å². The minimum Gasteiger partial charge on any atom is -0.337 e. The number of H-pyrrole nitrogens is 1. The van der Waals surface area contributed by atoms with Gasteiger partial charge in [-0.25, -0.2) is 0 Å². The third kappa shape index (κ3) is 2.83. The monoisotopic (exact) mass is 288 g/mol. The zero-order valence-electron chi connectivity index (χ0n) is 12.5. The van der Waals surface area contributed by atoms with Gasteiger partial charge >= 0.3 is 0 Å². The number of nitrogens with zero attached hydrogens (tertiary/aromatic N) is 2. The molecule has 0 unspecified atom stereocenters. The maximum atomic E-state index is 12.6. The minimum atomic E-state index is -0.468. The van der Waals surface area contributed by atoms with E-state index in [2.05, 4.69) is 18.8 Å². The van der Waals surface area contributed by atoms with Crippen molar-refractivity contribution >= 4 is 5.91 Å². The largest absolute Gasteiger partial charge is 0.337 e. The number of aromatic amines is 1. The van der Waals surface area contributed by atoms with Gasteiger partial charge in [-0.15, -0.1) is 0 Å². The Hall–Kier alpha value is -2.13. The highest BCUT2D eigenvalue weighted by atomic mass is 16.2. The Labute approximate surface area is 123 Å². The molecular formula is C15H20N4O2. The Morgan fingerprint density at radius 1 is 1.52 bits per heavy atom. The van der Waals surface area contributed by atoms with E-state index in [-0.39, 0.29) is 23.4 Å². The summed E-state index contributed by atoms with van der Waals surface area (Å²) in [5.41, 5.74) is 6.43. The van der Waals surface area contributed by atoms with Gasteiger partial charge in [0.1, 0.15) is 11.6 Å². The van der Waals surface area contributed by atoms with Crippen LogP contribution in [0.3, 0.4) is 0 Å². The van der Waals surface area contributed by atoms with Gasteiger partial charge in [0.05, 0.1) is 5.56 Å². The van der Waals surface area contributed by atoms with Crippen molar-refractivity contribution in [3.8, 4) is 6.07 Å². The lowest BCUT2D eigenvalue weighted by molar-refractivity contribution is 0.0782. The normalized spacial score (nSPS) is 21.6. The molecule has 21 heavy (non-hydrogen) atoms. The number of hydrogen-bond acceptors (Lipinski definition) is 4. The van der Waals surface area contributed by atoms with Crippen molar-refractivity contribution in [2.24, 2.45) is 17.6 Å². The molecule has 112 valence electrons. The molecule has 1 aliphatic rings. The topological polar surface area (TPSA) is 103 Å². The van der Waals surface area contributed by atoms with Crippen molar-refractivity contribution in [2.45, 2.75) is 26.8 Å². The van der Waals surface area contributed by atoms with Crippen LogP contribution in [-0.4, -0.2) is 34.9 Å². The summed E-state index contributed by atoms with van der Waals surface area (Å²) in [6, 6.07) is 3.14. The summed E-state index contributed by atoms with van der Waals surface area (Å²) < 4.78 is 0. The first-order chi connectivity index (χ1) is 9.85. The molecule has 1 aromatic heterocycles. The summed E-state index contributed by atoms with van der Waals surface area (Å²) in [6.07, 6.45) is 0. The molecule has 1 amide bonds. The average molecular weight is 288 g/mol. The zero-order valence-corrected chi connectivity index (χ0v) is 12.5. The Morgan fingerprint density at radius 2 is 2.19 bits per heavy atom. The van der Waals surface area contributed by atoms with Gasteiger partial charge in [-0.05, 0) is 24.8 Å². The van der Waals surface area contributed by atoms with Crippen LogP contribution in [-0.2, 0) is 0 Å². The van der Waals surface area contributed by atoms with E-state index < -0.39 is 5.56 Å². The average Bonchev–Trinajstić information content (AvgIpc) is 2.80. The van der Waals surface area contributed by atoms with Crippen molar-refractivity contribution in [1.29, 1.82) is 5.26 Å². The van der Waals surface area contributed by atoms with Crippen molar-refractivity contribution in [3.63, 3.8) is 0 Å². The van der Waals surface area contributed by atoms with Gasteiger partial charge in [-0.1, -0.05) is 13.8 Å². The number of pyridine rings is 1. The van der Waals surface area contributed by atoms with E-state index in [0.29, 0.717) is 30.3 Å². The molecule has 2 atom stereocenters. The van der Waals surface area contributed by atoms with E-state index in [1.165, 1.54) is 6.07 Å². The molecular weight excluding hydrogens is 268 g/mol. The van der Waals surface area contributed by atoms with E-state index in [9.17, 15) is 9.59 Å². The van der Waals surface area contributed by atoms with Crippen LogP contribution in [0.5, 0.6) is 0 Å². The van der Waals surface area contributed by atoms with Crippen molar-refractivity contribution < 1.29 is 4.79 Å². The van der Waals surface area contributed by atoms with E-state index in [4.69, 9.17) is 11.0 Å². The second-order valence-electron chi connectivity index (χ2n) is 5.94. The number of aryl methyl sites for hydroxylation is 1. The molecule has 1 aromatic rings. The summed E-state index contributed by atoms with van der Waals surface area (Å²) in [5, 5.41) is 8.92. The SMILES string of the molecule is Cc1[nH]c(=O)c(C#N)cc1C(=O)N1C[C@H](C(C)C)[C@@H](N)C1. The first-order valence-electron chi connectivity index (χ1n) is 7.04. The smallest absolute Gasteiger partial charge is 0.266 e. The Balaban J connectivity index is 2.30. The van der Waals surface area contributed by atoms with Crippen LogP contribution in [0.4, 0.5) is 0 Å². The first-order valence-corrected chi connectivity index (χ1v) is 7.04. The molecule has 1 aliphatic heterocycles. The lowest BCUT2D eigenvalue weighted by Gasteiger charge is -2.19. The van der Waals surface area contributed by atoms with Gasteiger partial charge < -0.3 is 15.6 Å². The first kappa shape index (κ1) is 15.3. The molecule has 1 saturated heterocycles. The highest BCUT2D eigenvalue weighted by molar-refractivity contribution is 5.95. The number of likely N-dealkylation sites (tertiary alicyclic amines) is 1. The zero-order chi connectivity index (χ0) is 15.7. The Morgan fingerprint density at radius 3 is 2.71 bits per heavy atom. The second kappa shape index (κ2) is 5.70. The van der Waals surface area contributed by atoms with Gasteiger partial charge in [0.25, 0.3) is 11.5 Å². The Bertz CT molecular complexity index is 657. The van der Waals surface area contributed by atoms with Crippen LogP contribution >= 0.6 is 0 Å². The molecule has 0 aliphatic carbocycles. The number of carbonyl (C=O) groups is 1. The minimum absolute atomic E-state index is 0.0348. The van der Waals surface area contributed by atoms with Crippen LogP contribution in [0.2, 0.25) is 0 Å². The lowest BCUT2D eigenvalue weighted by atomic mass is 9.92. The molecule has 2 heterocycles. The number of nitrogens with one attached hydrogen (secondary N) is 1. The van der Waals surface area contributed by atoms with E-state index in [1.54, 1.807) is 17.9 Å². The molecule has 1 fully saturated rings.